The second-order valence-corrected chi connectivity index (χ2v) is 8.13. The number of carbonyl (C=O) groups is 6. The molecule has 0 saturated heterocycles. The Morgan fingerprint density at radius 2 is 1.41 bits per heavy atom. The third-order valence-corrected chi connectivity index (χ3v) is 5.00. The van der Waals surface area contributed by atoms with E-state index in [1.54, 1.807) is 50.5 Å². The van der Waals surface area contributed by atoms with Crippen LogP contribution in [-0.2, 0) is 23.8 Å². The lowest BCUT2D eigenvalue weighted by Crippen LogP contribution is -2.21. The zero-order valence-corrected chi connectivity index (χ0v) is 23.4. The molecule has 14 heteroatoms. The van der Waals surface area contributed by atoms with Crippen molar-refractivity contribution in [2.24, 2.45) is 11.8 Å². The number of rotatable bonds is 6. The highest BCUT2D eigenvalue weighted by atomic mass is 16.7. The van der Waals surface area contributed by atoms with E-state index in [-0.39, 0.29) is 29.1 Å². The van der Waals surface area contributed by atoms with Gasteiger partial charge in [0.2, 0.25) is 11.8 Å². The van der Waals surface area contributed by atoms with E-state index in [2.05, 4.69) is 29.9 Å². The van der Waals surface area contributed by atoms with Crippen LogP contribution in [0.15, 0.2) is 55.0 Å². The van der Waals surface area contributed by atoms with Crippen molar-refractivity contribution in [3.63, 3.8) is 0 Å². The number of H-pyrrole nitrogens is 1. The molecule has 14 nitrogen and oxygen atoms in total. The van der Waals surface area contributed by atoms with Crippen LogP contribution in [0.4, 0.5) is 0 Å². The summed E-state index contributed by atoms with van der Waals surface area (Å²) < 4.78 is 16.0. The minimum absolute atomic E-state index is 0.115. The highest BCUT2D eigenvalue weighted by molar-refractivity contribution is 5.94. The van der Waals surface area contributed by atoms with E-state index in [1.165, 1.54) is 57.2 Å². The van der Waals surface area contributed by atoms with E-state index in [1.807, 2.05) is 0 Å². The number of nitrogens with two attached hydrogens (primary N) is 1. The fraction of sp³-hybridized carbons (Fsp3) is 0.259. The first-order valence-corrected chi connectivity index (χ1v) is 11.8. The molecule has 0 atom stereocenters. The Morgan fingerprint density at radius 3 is 1.90 bits per heavy atom. The normalized spacial score (nSPS) is 10.0. The molecule has 0 bridgehead atoms. The molecule has 0 spiro atoms. The van der Waals surface area contributed by atoms with Gasteiger partial charge >= 0.3 is 23.9 Å². The number of nitrogens with one attached hydrogen (secondary N) is 1. The highest BCUT2D eigenvalue weighted by Crippen LogP contribution is 2.08. The molecule has 220 valence electrons. The monoisotopic (exact) mass is 572 g/mol. The fourth-order valence-electron chi connectivity index (χ4n) is 2.97. The molecule has 0 saturated carbocycles. The Morgan fingerprint density at radius 1 is 0.854 bits per heavy atom. The zero-order valence-electron chi connectivity index (χ0n) is 23.4. The van der Waals surface area contributed by atoms with Gasteiger partial charge in [0.15, 0.2) is 0 Å². The SMILES string of the molecule is CC(=O)n1cccc1C(=O)ON.COC(=O)/C=C/c1c[nH]c(C(=O)OC)c1.COC(=O)c1cccn1C(=O)C(C)C. The first-order valence-electron chi connectivity index (χ1n) is 11.8. The summed E-state index contributed by atoms with van der Waals surface area (Å²) in [5, 5.41) is 0. The number of methoxy groups -OCH3 is 3. The van der Waals surface area contributed by atoms with Crippen LogP contribution in [0.1, 0.15) is 67.4 Å². The lowest BCUT2D eigenvalue weighted by Gasteiger charge is -2.08. The van der Waals surface area contributed by atoms with Crippen LogP contribution in [0.25, 0.3) is 6.08 Å². The Balaban J connectivity index is 0.000000309. The predicted molar refractivity (Wildman–Crippen MR) is 145 cm³/mol. The summed E-state index contributed by atoms with van der Waals surface area (Å²) >= 11 is 0. The van der Waals surface area contributed by atoms with Gasteiger partial charge in [-0.25, -0.2) is 19.2 Å². The van der Waals surface area contributed by atoms with Gasteiger partial charge < -0.3 is 24.0 Å². The number of carbonyl (C=O) groups excluding carboxylic acids is 6. The first-order chi connectivity index (χ1) is 19.4. The smallest absolute Gasteiger partial charge is 0.373 e. The van der Waals surface area contributed by atoms with Gasteiger partial charge in [0.25, 0.3) is 0 Å². The molecule has 0 fully saturated rings. The maximum Gasteiger partial charge on any atom is 0.373 e. The van der Waals surface area contributed by atoms with E-state index in [9.17, 15) is 28.8 Å². The van der Waals surface area contributed by atoms with Crippen LogP contribution in [0, 0.1) is 5.92 Å². The lowest BCUT2D eigenvalue weighted by atomic mass is 10.2. The number of esters is 3. The second-order valence-electron chi connectivity index (χ2n) is 8.13. The predicted octanol–water partition coefficient (Wildman–Crippen LogP) is 2.74. The molecule has 3 heterocycles. The molecule has 41 heavy (non-hydrogen) atoms. The molecule has 0 aliphatic carbocycles. The Kier molecular flexibility index (Phi) is 13.7. The summed E-state index contributed by atoms with van der Waals surface area (Å²) in [5.41, 5.74) is 1.43. The Labute approximate surface area is 235 Å². The molecule has 0 unspecified atom stereocenters. The van der Waals surface area contributed by atoms with Crippen LogP contribution in [-0.4, -0.2) is 71.1 Å². The largest absolute Gasteiger partial charge is 0.466 e. The van der Waals surface area contributed by atoms with Gasteiger partial charge in [0.1, 0.15) is 17.1 Å². The van der Waals surface area contributed by atoms with E-state index in [4.69, 9.17) is 0 Å². The number of aromatic amines is 1. The van der Waals surface area contributed by atoms with Crippen molar-refractivity contribution in [2.45, 2.75) is 20.8 Å². The Bertz CT molecular complexity index is 1390. The quantitative estimate of drug-likeness (QED) is 0.191. The molecule has 0 radical (unpaired) electrons. The van der Waals surface area contributed by atoms with Crippen LogP contribution < -0.4 is 5.90 Å². The number of aromatic nitrogens is 3. The molecule has 0 amide bonds. The highest BCUT2D eigenvalue weighted by Gasteiger charge is 2.17. The van der Waals surface area contributed by atoms with Gasteiger partial charge in [0, 0.05) is 37.5 Å². The molecule has 3 aromatic rings. The van der Waals surface area contributed by atoms with E-state index in [0.717, 1.165) is 4.57 Å². The third-order valence-electron chi connectivity index (χ3n) is 5.00. The van der Waals surface area contributed by atoms with E-state index >= 15 is 0 Å². The molecule has 0 aliphatic heterocycles. The van der Waals surface area contributed by atoms with Crippen molar-refractivity contribution >= 4 is 41.8 Å². The lowest BCUT2D eigenvalue weighted by molar-refractivity contribution is -0.134. The standard InChI is InChI=1S/C10H11NO4.C10H13NO3.C7H8N2O3/c1-14-9(12)4-3-7-5-8(11-6-7)10(13)15-2;1-7(2)9(12)11-6-4-5-8(11)10(13)14-3;1-5(10)9-4-2-3-6(9)7(11)12-8/h3-6,11H,1-2H3;4-7H,1-3H3;2-4H,8H2,1H3/b4-3+;;. The third kappa shape index (κ3) is 10.1. The van der Waals surface area contributed by atoms with Crippen LogP contribution in [0.3, 0.4) is 0 Å². The van der Waals surface area contributed by atoms with Crippen molar-refractivity contribution in [3.8, 4) is 0 Å². The number of nitrogens with zero attached hydrogens (tertiary/aromatic N) is 2. The Hall–Kier alpha value is -5.24. The van der Waals surface area contributed by atoms with Gasteiger partial charge in [-0.15, -0.1) is 0 Å². The summed E-state index contributed by atoms with van der Waals surface area (Å²) in [6.07, 6.45) is 7.42. The van der Waals surface area contributed by atoms with Crippen molar-refractivity contribution in [2.75, 3.05) is 21.3 Å². The summed E-state index contributed by atoms with van der Waals surface area (Å²) in [7, 11) is 3.89. The number of ether oxygens (including phenoxy) is 3. The minimum Gasteiger partial charge on any atom is -0.466 e. The molecule has 0 aromatic carbocycles. The second kappa shape index (κ2) is 16.7. The summed E-state index contributed by atoms with van der Waals surface area (Å²) in [5.74, 6) is 2.01. The first kappa shape index (κ1) is 33.8. The maximum atomic E-state index is 11.6. The van der Waals surface area contributed by atoms with Crippen molar-refractivity contribution in [1.82, 2.24) is 14.1 Å². The van der Waals surface area contributed by atoms with Gasteiger partial charge in [-0.3, -0.25) is 18.7 Å². The van der Waals surface area contributed by atoms with Crippen molar-refractivity contribution in [3.05, 3.63) is 77.6 Å². The van der Waals surface area contributed by atoms with Crippen LogP contribution >= 0.6 is 0 Å². The molecule has 3 N–H and O–H groups in total. The molecule has 0 aliphatic rings. The van der Waals surface area contributed by atoms with Gasteiger partial charge in [-0.1, -0.05) is 13.8 Å². The molecule has 3 aromatic heterocycles. The number of hydrogen-bond acceptors (Lipinski definition) is 11. The summed E-state index contributed by atoms with van der Waals surface area (Å²) in [6.45, 7) is 4.90. The molecular formula is C27H32N4O10. The van der Waals surface area contributed by atoms with Gasteiger partial charge in [-0.05, 0) is 42.0 Å². The maximum absolute atomic E-state index is 11.6. The topological polar surface area (TPSA) is 191 Å². The van der Waals surface area contributed by atoms with Crippen LogP contribution in [0.2, 0.25) is 0 Å². The van der Waals surface area contributed by atoms with E-state index < -0.39 is 23.9 Å². The average molecular weight is 573 g/mol. The summed E-state index contributed by atoms with van der Waals surface area (Å²) in [6, 6.07) is 7.80. The van der Waals surface area contributed by atoms with Crippen molar-refractivity contribution < 1.29 is 47.8 Å². The van der Waals surface area contributed by atoms with Crippen molar-refractivity contribution in [1.29, 1.82) is 0 Å². The molecule has 3 rings (SSSR count). The number of hydrogen-bond donors (Lipinski definition) is 2. The average Bonchev–Trinajstić information content (AvgIpc) is 3.75. The molecular weight excluding hydrogens is 540 g/mol. The van der Waals surface area contributed by atoms with E-state index in [0.29, 0.717) is 11.3 Å². The van der Waals surface area contributed by atoms with Gasteiger partial charge in [0.05, 0.1) is 21.3 Å². The summed E-state index contributed by atoms with van der Waals surface area (Å²) in [4.78, 5) is 73.1. The van der Waals surface area contributed by atoms with Crippen LogP contribution in [0.5, 0.6) is 0 Å². The fourth-order valence-corrected chi connectivity index (χ4v) is 2.97. The van der Waals surface area contributed by atoms with Gasteiger partial charge in [-0.2, -0.15) is 5.90 Å². The zero-order chi connectivity index (χ0) is 31.1. The minimum atomic E-state index is -0.727.